The SMILES string of the molecule is Cc1c2n(c3c(C)cccc13)[C@H](C)CNC2.O=C(O)C(=O)O. The van der Waals surface area contributed by atoms with E-state index in [4.69, 9.17) is 19.8 Å². The van der Waals surface area contributed by atoms with Crippen LogP contribution in [0, 0.1) is 13.8 Å². The van der Waals surface area contributed by atoms with E-state index in [1.54, 1.807) is 0 Å². The number of carboxylic acid groups (broad SMARTS) is 2. The molecule has 0 amide bonds. The van der Waals surface area contributed by atoms with Gasteiger partial charge < -0.3 is 20.1 Å². The lowest BCUT2D eigenvalue weighted by Crippen LogP contribution is -2.31. The van der Waals surface area contributed by atoms with Gasteiger partial charge in [0.15, 0.2) is 0 Å². The van der Waals surface area contributed by atoms with Crippen LogP contribution in [0.25, 0.3) is 10.9 Å². The Morgan fingerprint density at radius 1 is 1.23 bits per heavy atom. The minimum Gasteiger partial charge on any atom is -0.473 e. The zero-order valence-electron chi connectivity index (χ0n) is 12.9. The number of hydrogen-bond acceptors (Lipinski definition) is 3. The molecule has 0 aliphatic carbocycles. The average molecular weight is 304 g/mol. The zero-order valence-corrected chi connectivity index (χ0v) is 12.9. The molecule has 2 heterocycles. The normalized spacial score (nSPS) is 16.6. The van der Waals surface area contributed by atoms with E-state index < -0.39 is 11.9 Å². The number of carboxylic acids is 2. The second kappa shape index (κ2) is 6.19. The molecule has 3 N–H and O–H groups in total. The lowest BCUT2D eigenvalue weighted by atomic mass is 10.1. The summed E-state index contributed by atoms with van der Waals surface area (Å²) >= 11 is 0. The van der Waals surface area contributed by atoms with Crippen molar-refractivity contribution in [1.29, 1.82) is 0 Å². The highest BCUT2D eigenvalue weighted by Crippen LogP contribution is 2.32. The Morgan fingerprint density at radius 2 is 1.86 bits per heavy atom. The van der Waals surface area contributed by atoms with E-state index in [-0.39, 0.29) is 0 Å². The van der Waals surface area contributed by atoms with Gasteiger partial charge in [0.1, 0.15) is 0 Å². The van der Waals surface area contributed by atoms with Crippen molar-refractivity contribution in [3.05, 3.63) is 35.0 Å². The molecule has 0 saturated carbocycles. The largest absolute Gasteiger partial charge is 0.473 e. The first-order valence-electron chi connectivity index (χ1n) is 7.10. The molecule has 3 rings (SSSR count). The highest BCUT2D eigenvalue weighted by atomic mass is 16.4. The van der Waals surface area contributed by atoms with E-state index in [1.165, 1.54) is 27.7 Å². The number of fused-ring (bicyclic) bond motifs is 3. The summed E-state index contributed by atoms with van der Waals surface area (Å²) < 4.78 is 2.52. The highest BCUT2D eigenvalue weighted by Gasteiger charge is 2.22. The van der Waals surface area contributed by atoms with Gasteiger partial charge in [0, 0.05) is 30.2 Å². The van der Waals surface area contributed by atoms with Crippen molar-refractivity contribution >= 4 is 22.8 Å². The van der Waals surface area contributed by atoms with Crippen LogP contribution in [0.1, 0.15) is 29.8 Å². The molecule has 1 atom stereocenters. The molecule has 0 bridgehead atoms. The first kappa shape index (κ1) is 16.0. The van der Waals surface area contributed by atoms with Gasteiger partial charge in [-0.25, -0.2) is 9.59 Å². The van der Waals surface area contributed by atoms with Crippen LogP contribution in [0.4, 0.5) is 0 Å². The maximum absolute atomic E-state index is 9.10. The fourth-order valence-corrected chi connectivity index (χ4v) is 2.95. The Kier molecular flexibility index (Phi) is 4.51. The molecule has 2 aromatic rings. The quantitative estimate of drug-likeness (QED) is 0.648. The molecule has 0 radical (unpaired) electrons. The number of nitrogens with one attached hydrogen (secondary N) is 1. The minimum absolute atomic E-state index is 0.557. The smallest absolute Gasteiger partial charge is 0.414 e. The molecule has 0 saturated heterocycles. The molecule has 6 heteroatoms. The Hall–Kier alpha value is -2.34. The van der Waals surface area contributed by atoms with Crippen molar-refractivity contribution in [3.8, 4) is 0 Å². The van der Waals surface area contributed by atoms with E-state index >= 15 is 0 Å². The molecular weight excluding hydrogens is 284 g/mol. The Balaban J connectivity index is 0.000000254. The fraction of sp³-hybridized carbons (Fsp3) is 0.375. The third-order valence-electron chi connectivity index (χ3n) is 3.96. The van der Waals surface area contributed by atoms with E-state index in [9.17, 15) is 0 Å². The molecule has 1 aromatic heterocycles. The number of carbonyl (C=O) groups is 2. The summed E-state index contributed by atoms with van der Waals surface area (Å²) in [5.74, 6) is -3.65. The van der Waals surface area contributed by atoms with Crippen LogP contribution >= 0.6 is 0 Å². The van der Waals surface area contributed by atoms with E-state index in [2.05, 4.69) is 48.9 Å². The molecule has 6 nitrogen and oxygen atoms in total. The Labute approximate surface area is 128 Å². The monoisotopic (exact) mass is 304 g/mol. The molecule has 1 aliphatic rings. The van der Waals surface area contributed by atoms with Gasteiger partial charge in [0.25, 0.3) is 0 Å². The van der Waals surface area contributed by atoms with E-state index in [0.29, 0.717) is 6.04 Å². The summed E-state index contributed by atoms with van der Waals surface area (Å²) in [4.78, 5) is 18.2. The van der Waals surface area contributed by atoms with Crippen molar-refractivity contribution in [1.82, 2.24) is 9.88 Å². The lowest BCUT2D eigenvalue weighted by molar-refractivity contribution is -0.159. The fourth-order valence-electron chi connectivity index (χ4n) is 2.95. The Bertz CT molecular complexity index is 721. The predicted octanol–water partition coefficient (Wildman–Crippen LogP) is 2.08. The van der Waals surface area contributed by atoms with Crippen LogP contribution in [0.3, 0.4) is 0 Å². The van der Waals surface area contributed by atoms with Crippen molar-refractivity contribution in [2.45, 2.75) is 33.4 Å². The summed E-state index contributed by atoms with van der Waals surface area (Å²) in [6.45, 7) is 8.83. The summed E-state index contributed by atoms with van der Waals surface area (Å²) in [5, 5.41) is 19.7. The van der Waals surface area contributed by atoms with Crippen LogP contribution < -0.4 is 5.32 Å². The molecule has 1 aromatic carbocycles. The van der Waals surface area contributed by atoms with Crippen LogP contribution in [-0.2, 0) is 16.1 Å². The predicted molar refractivity (Wildman–Crippen MR) is 83.1 cm³/mol. The molecule has 0 spiro atoms. The van der Waals surface area contributed by atoms with Crippen LogP contribution in [0.2, 0.25) is 0 Å². The average Bonchev–Trinajstić information content (AvgIpc) is 2.76. The maximum atomic E-state index is 9.10. The summed E-state index contributed by atoms with van der Waals surface area (Å²) in [6, 6.07) is 7.18. The summed E-state index contributed by atoms with van der Waals surface area (Å²) in [6.07, 6.45) is 0. The van der Waals surface area contributed by atoms with Crippen molar-refractivity contribution < 1.29 is 19.8 Å². The first-order valence-corrected chi connectivity index (χ1v) is 7.10. The van der Waals surface area contributed by atoms with Crippen molar-refractivity contribution in [2.24, 2.45) is 0 Å². The summed E-state index contributed by atoms with van der Waals surface area (Å²) in [7, 11) is 0. The second-order valence-electron chi connectivity index (χ2n) is 5.50. The molecule has 118 valence electrons. The molecule has 22 heavy (non-hydrogen) atoms. The number of para-hydroxylation sites is 1. The van der Waals surface area contributed by atoms with Crippen molar-refractivity contribution in [3.63, 3.8) is 0 Å². The minimum atomic E-state index is -1.82. The van der Waals surface area contributed by atoms with Gasteiger partial charge >= 0.3 is 11.9 Å². The van der Waals surface area contributed by atoms with Gasteiger partial charge in [0.05, 0.1) is 5.52 Å². The van der Waals surface area contributed by atoms with Crippen LogP contribution in [0.15, 0.2) is 18.2 Å². The zero-order chi connectivity index (χ0) is 16.4. The lowest BCUT2D eigenvalue weighted by Gasteiger charge is -2.25. The number of aromatic nitrogens is 1. The third-order valence-corrected chi connectivity index (χ3v) is 3.96. The molecule has 1 aliphatic heterocycles. The standard InChI is InChI=1S/C14H18N2.C2H2O4/c1-9-5-4-6-12-11(3)13-8-15-7-10(2)16(13)14(9)12;3-1(4)2(5)6/h4-6,10,15H,7-8H2,1-3H3;(H,3,4)(H,5,6)/t10-;/m1./s1. The molecule has 0 unspecified atom stereocenters. The van der Waals surface area contributed by atoms with Gasteiger partial charge in [-0.3, -0.25) is 0 Å². The molecule has 0 fully saturated rings. The number of nitrogens with zero attached hydrogens (tertiary/aromatic N) is 1. The molecular formula is C16H20N2O4. The van der Waals surface area contributed by atoms with Gasteiger partial charge in [-0.2, -0.15) is 0 Å². The van der Waals surface area contributed by atoms with Gasteiger partial charge in [-0.05, 0) is 31.9 Å². The second-order valence-corrected chi connectivity index (χ2v) is 5.50. The first-order chi connectivity index (χ1) is 10.3. The highest BCUT2D eigenvalue weighted by molar-refractivity contribution is 6.27. The number of rotatable bonds is 0. The third kappa shape index (κ3) is 2.82. The number of aryl methyl sites for hydroxylation is 2. The number of aliphatic carboxylic acids is 2. The number of benzene rings is 1. The van der Waals surface area contributed by atoms with Crippen LogP contribution in [-0.4, -0.2) is 33.3 Å². The van der Waals surface area contributed by atoms with Gasteiger partial charge in [-0.15, -0.1) is 0 Å². The van der Waals surface area contributed by atoms with Gasteiger partial charge in [-0.1, -0.05) is 18.2 Å². The number of hydrogen-bond donors (Lipinski definition) is 3. The maximum Gasteiger partial charge on any atom is 0.414 e. The van der Waals surface area contributed by atoms with E-state index in [1.807, 2.05) is 0 Å². The van der Waals surface area contributed by atoms with Crippen molar-refractivity contribution in [2.75, 3.05) is 6.54 Å². The van der Waals surface area contributed by atoms with E-state index in [0.717, 1.165) is 13.1 Å². The Morgan fingerprint density at radius 3 is 2.45 bits per heavy atom. The van der Waals surface area contributed by atoms with Crippen LogP contribution in [0.5, 0.6) is 0 Å². The van der Waals surface area contributed by atoms with Gasteiger partial charge in [0.2, 0.25) is 0 Å². The topological polar surface area (TPSA) is 91.6 Å². The summed E-state index contributed by atoms with van der Waals surface area (Å²) in [5.41, 5.74) is 5.73.